The molecule has 0 bridgehead atoms. The number of rotatable bonds is 5. The summed E-state index contributed by atoms with van der Waals surface area (Å²) in [6.45, 7) is 5.15. The van der Waals surface area contributed by atoms with E-state index in [2.05, 4.69) is 16.2 Å². The van der Waals surface area contributed by atoms with E-state index in [1.807, 2.05) is 44.2 Å². The molecule has 1 rings (SSSR count). The third-order valence-electron chi connectivity index (χ3n) is 2.41. The number of nitrogens with one attached hydrogen (secondary N) is 3. The van der Waals surface area contributed by atoms with Crippen molar-refractivity contribution in [1.29, 1.82) is 0 Å². The van der Waals surface area contributed by atoms with Crippen LogP contribution >= 0.6 is 0 Å². The van der Waals surface area contributed by atoms with Crippen molar-refractivity contribution < 1.29 is 9.59 Å². The number of benzene rings is 1. The van der Waals surface area contributed by atoms with E-state index in [1.54, 1.807) is 0 Å². The largest absolute Gasteiger partial charge is 0.344 e. The van der Waals surface area contributed by atoms with E-state index in [4.69, 9.17) is 0 Å². The maximum Gasteiger partial charge on any atom is 0.261 e. The topological polar surface area (TPSA) is 70.2 Å². The van der Waals surface area contributed by atoms with Gasteiger partial charge in [-0.15, -0.1) is 0 Å². The van der Waals surface area contributed by atoms with Gasteiger partial charge in [-0.2, -0.15) is 0 Å². The highest BCUT2D eigenvalue weighted by Gasteiger charge is 2.22. The van der Waals surface area contributed by atoms with Crippen LogP contribution in [0.5, 0.6) is 0 Å². The lowest BCUT2D eigenvalue weighted by Gasteiger charge is -2.21. The SMILES string of the molecule is CC(=O)NC(C(=O)NNc1ccccc1)C(C)C. The molecule has 5 heteroatoms. The second kappa shape index (κ2) is 6.64. The van der Waals surface area contributed by atoms with Gasteiger partial charge in [-0.1, -0.05) is 32.0 Å². The first kappa shape index (κ1) is 14.0. The van der Waals surface area contributed by atoms with Crippen LogP contribution in [-0.2, 0) is 9.59 Å². The van der Waals surface area contributed by atoms with E-state index in [0.29, 0.717) is 0 Å². The van der Waals surface area contributed by atoms with E-state index >= 15 is 0 Å². The van der Waals surface area contributed by atoms with Crippen LogP contribution in [0.25, 0.3) is 0 Å². The van der Waals surface area contributed by atoms with E-state index < -0.39 is 6.04 Å². The van der Waals surface area contributed by atoms with Gasteiger partial charge >= 0.3 is 0 Å². The molecule has 0 saturated heterocycles. The van der Waals surface area contributed by atoms with Gasteiger partial charge < -0.3 is 5.32 Å². The maximum atomic E-state index is 11.9. The lowest BCUT2D eigenvalue weighted by atomic mass is 10.0. The van der Waals surface area contributed by atoms with Gasteiger partial charge in [-0.05, 0) is 18.1 Å². The van der Waals surface area contributed by atoms with Crippen molar-refractivity contribution in [3.8, 4) is 0 Å². The fourth-order valence-corrected chi connectivity index (χ4v) is 1.49. The minimum atomic E-state index is -0.543. The summed E-state index contributed by atoms with van der Waals surface area (Å²) in [6.07, 6.45) is 0. The highest BCUT2D eigenvalue weighted by atomic mass is 16.2. The van der Waals surface area contributed by atoms with Crippen molar-refractivity contribution in [2.75, 3.05) is 5.43 Å². The average Bonchev–Trinajstić information content (AvgIpc) is 2.34. The number of hydrazine groups is 1. The first-order chi connectivity index (χ1) is 8.50. The third kappa shape index (κ3) is 4.45. The fraction of sp³-hybridized carbons (Fsp3) is 0.385. The smallest absolute Gasteiger partial charge is 0.261 e. The Morgan fingerprint density at radius 2 is 1.72 bits per heavy atom. The second-order valence-electron chi connectivity index (χ2n) is 4.40. The summed E-state index contributed by atoms with van der Waals surface area (Å²) in [5, 5.41) is 2.62. The molecule has 0 radical (unpaired) electrons. The monoisotopic (exact) mass is 249 g/mol. The summed E-state index contributed by atoms with van der Waals surface area (Å²) in [6, 6.07) is 8.75. The average molecular weight is 249 g/mol. The molecule has 18 heavy (non-hydrogen) atoms. The molecule has 98 valence electrons. The first-order valence-corrected chi connectivity index (χ1v) is 5.88. The molecule has 2 amide bonds. The molecule has 0 saturated carbocycles. The molecule has 1 atom stereocenters. The van der Waals surface area contributed by atoms with Crippen molar-refractivity contribution >= 4 is 17.5 Å². The van der Waals surface area contributed by atoms with Gasteiger partial charge in [0.05, 0.1) is 5.69 Å². The molecular formula is C13H19N3O2. The molecule has 0 heterocycles. The first-order valence-electron chi connectivity index (χ1n) is 5.88. The molecule has 0 aromatic heterocycles. The summed E-state index contributed by atoms with van der Waals surface area (Å²) in [5.74, 6) is -0.459. The number of hydrogen-bond donors (Lipinski definition) is 3. The second-order valence-corrected chi connectivity index (χ2v) is 4.40. The van der Waals surface area contributed by atoms with Crippen LogP contribution in [0.3, 0.4) is 0 Å². The Labute approximate surface area is 107 Å². The number of amides is 2. The van der Waals surface area contributed by atoms with Gasteiger partial charge in [0, 0.05) is 6.92 Å². The number of anilines is 1. The predicted molar refractivity (Wildman–Crippen MR) is 70.7 cm³/mol. The zero-order valence-corrected chi connectivity index (χ0v) is 10.9. The van der Waals surface area contributed by atoms with Crippen LogP contribution in [-0.4, -0.2) is 17.9 Å². The fourth-order valence-electron chi connectivity index (χ4n) is 1.49. The molecule has 0 fully saturated rings. The lowest BCUT2D eigenvalue weighted by Crippen LogP contribution is -2.50. The van der Waals surface area contributed by atoms with Gasteiger partial charge in [0.2, 0.25) is 5.91 Å². The van der Waals surface area contributed by atoms with E-state index in [0.717, 1.165) is 5.69 Å². The minimum absolute atomic E-state index is 0.0199. The zero-order valence-electron chi connectivity index (χ0n) is 10.9. The molecule has 0 spiro atoms. The maximum absolute atomic E-state index is 11.9. The third-order valence-corrected chi connectivity index (χ3v) is 2.41. The molecule has 3 N–H and O–H groups in total. The van der Waals surface area contributed by atoms with Crippen LogP contribution in [0.1, 0.15) is 20.8 Å². The zero-order chi connectivity index (χ0) is 13.5. The Hall–Kier alpha value is -2.04. The molecule has 0 aliphatic carbocycles. The molecule has 1 aromatic carbocycles. The molecule has 1 unspecified atom stereocenters. The Bertz CT molecular complexity index is 404. The molecule has 0 aliphatic heterocycles. The van der Waals surface area contributed by atoms with Crippen molar-refractivity contribution in [3.63, 3.8) is 0 Å². The normalized spacial score (nSPS) is 11.8. The number of carbonyl (C=O) groups is 2. The molecular weight excluding hydrogens is 230 g/mol. The van der Waals surface area contributed by atoms with E-state index in [-0.39, 0.29) is 17.7 Å². The van der Waals surface area contributed by atoms with Gasteiger partial charge in [-0.3, -0.25) is 20.4 Å². The van der Waals surface area contributed by atoms with Crippen molar-refractivity contribution in [2.45, 2.75) is 26.8 Å². The number of para-hydroxylation sites is 1. The summed E-state index contributed by atoms with van der Waals surface area (Å²) in [7, 11) is 0. The van der Waals surface area contributed by atoms with Crippen LogP contribution in [0.15, 0.2) is 30.3 Å². The van der Waals surface area contributed by atoms with Gasteiger partial charge in [0.1, 0.15) is 6.04 Å². The Morgan fingerprint density at radius 1 is 1.11 bits per heavy atom. The van der Waals surface area contributed by atoms with Crippen LogP contribution in [0.4, 0.5) is 5.69 Å². The summed E-state index contributed by atoms with van der Waals surface area (Å²) >= 11 is 0. The summed E-state index contributed by atoms with van der Waals surface area (Å²) in [5.41, 5.74) is 6.17. The number of carbonyl (C=O) groups excluding carboxylic acids is 2. The molecule has 0 aliphatic rings. The number of hydrogen-bond acceptors (Lipinski definition) is 3. The summed E-state index contributed by atoms with van der Waals surface area (Å²) in [4.78, 5) is 22.9. The van der Waals surface area contributed by atoms with Crippen molar-refractivity contribution in [2.24, 2.45) is 5.92 Å². The Kier molecular flexibility index (Phi) is 5.17. The van der Waals surface area contributed by atoms with Gasteiger partial charge in [0.25, 0.3) is 5.91 Å². The predicted octanol–water partition coefficient (Wildman–Crippen LogP) is 1.29. The van der Waals surface area contributed by atoms with Crippen molar-refractivity contribution in [3.05, 3.63) is 30.3 Å². The van der Waals surface area contributed by atoms with Gasteiger partial charge in [0.15, 0.2) is 0 Å². The Morgan fingerprint density at radius 3 is 2.22 bits per heavy atom. The van der Waals surface area contributed by atoms with Gasteiger partial charge in [-0.25, -0.2) is 0 Å². The molecule has 5 nitrogen and oxygen atoms in total. The molecule has 1 aromatic rings. The van der Waals surface area contributed by atoms with Crippen LogP contribution in [0.2, 0.25) is 0 Å². The minimum Gasteiger partial charge on any atom is -0.344 e. The van der Waals surface area contributed by atoms with Crippen LogP contribution < -0.4 is 16.2 Å². The Balaban J connectivity index is 2.54. The summed E-state index contributed by atoms with van der Waals surface area (Å²) < 4.78 is 0. The van der Waals surface area contributed by atoms with E-state index in [1.165, 1.54) is 6.92 Å². The standard InChI is InChI=1S/C13H19N3O2/c1-9(2)12(14-10(3)17)13(18)16-15-11-7-5-4-6-8-11/h4-9,12,15H,1-3H3,(H,14,17)(H,16,18). The highest BCUT2D eigenvalue weighted by Crippen LogP contribution is 2.05. The lowest BCUT2D eigenvalue weighted by molar-refractivity contribution is -0.128. The quantitative estimate of drug-likeness (QED) is 0.689. The van der Waals surface area contributed by atoms with Crippen LogP contribution in [0, 0.1) is 5.92 Å². The van der Waals surface area contributed by atoms with E-state index in [9.17, 15) is 9.59 Å². The highest BCUT2D eigenvalue weighted by molar-refractivity contribution is 5.87. The van der Waals surface area contributed by atoms with Crippen molar-refractivity contribution in [1.82, 2.24) is 10.7 Å².